The number of halogens is 2. The quantitative estimate of drug-likeness (QED) is 0.815. The van der Waals surface area contributed by atoms with Crippen LogP contribution in [0.15, 0.2) is 24.3 Å². The minimum atomic E-state index is -1.26. The Kier molecular flexibility index (Phi) is 3.40. The van der Waals surface area contributed by atoms with Crippen molar-refractivity contribution < 1.29 is 9.90 Å². The van der Waals surface area contributed by atoms with Crippen molar-refractivity contribution in [1.82, 2.24) is 0 Å². The molecule has 1 aromatic carbocycles. The molecule has 1 rings (SSSR count). The Morgan fingerprint density at radius 3 is 2.36 bits per heavy atom. The Hall–Kier alpha value is -0.730. The largest absolute Gasteiger partial charge is 0.480 e. The van der Waals surface area contributed by atoms with E-state index in [4.69, 9.17) is 28.3 Å². The second-order valence-corrected chi connectivity index (χ2v) is 4.58. The van der Waals surface area contributed by atoms with E-state index >= 15 is 0 Å². The monoisotopic (exact) mass is 232 g/mol. The number of carboxylic acid groups (broad SMARTS) is 1. The van der Waals surface area contributed by atoms with Crippen molar-refractivity contribution in [2.45, 2.75) is 18.2 Å². The second-order valence-electron chi connectivity index (χ2n) is 3.31. The summed E-state index contributed by atoms with van der Waals surface area (Å²) in [7, 11) is 0. The SMILES string of the molecule is CC(Cl)(Cc1ccc(Cl)cc1)C(=O)O. The molecule has 0 saturated carbocycles. The van der Waals surface area contributed by atoms with Crippen LogP contribution in [0.2, 0.25) is 5.02 Å². The van der Waals surface area contributed by atoms with Gasteiger partial charge in [-0.25, -0.2) is 0 Å². The lowest BCUT2D eigenvalue weighted by atomic mass is 10.0. The molecule has 0 aliphatic heterocycles. The van der Waals surface area contributed by atoms with E-state index in [2.05, 4.69) is 0 Å². The van der Waals surface area contributed by atoms with E-state index in [1.807, 2.05) is 0 Å². The summed E-state index contributed by atoms with van der Waals surface area (Å²) in [4.78, 5) is 9.48. The Balaban J connectivity index is 2.79. The average molecular weight is 233 g/mol. The first-order valence-electron chi connectivity index (χ1n) is 4.08. The highest BCUT2D eigenvalue weighted by Crippen LogP contribution is 2.21. The van der Waals surface area contributed by atoms with Gasteiger partial charge in [0.05, 0.1) is 0 Å². The summed E-state index contributed by atoms with van der Waals surface area (Å²) in [5.41, 5.74) is 0.856. The molecular weight excluding hydrogens is 223 g/mol. The van der Waals surface area contributed by atoms with E-state index in [1.54, 1.807) is 24.3 Å². The molecule has 0 saturated heterocycles. The molecule has 0 aromatic heterocycles. The third kappa shape index (κ3) is 2.89. The van der Waals surface area contributed by atoms with Crippen LogP contribution in [0.4, 0.5) is 0 Å². The summed E-state index contributed by atoms with van der Waals surface area (Å²) in [6.45, 7) is 1.48. The van der Waals surface area contributed by atoms with Crippen LogP contribution in [0.5, 0.6) is 0 Å². The molecule has 0 spiro atoms. The number of rotatable bonds is 3. The van der Waals surface area contributed by atoms with Crippen LogP contribution in [0.3, 0.4) is 0 Å². The summed E-state index contributed by atoms with van der Waals surface area (Å²) in [6.07, 6.45) is 0.279. The molecular formula is C10H10Cl2O2. The molecule has 14 heavy (non-hydrogen) atoms. The molecule has 4 heteroatoms. The van der Waals surface area contributed by atoms with Gasteiger partial charge >= 0.3 is 5.97 Å². The molecule has 0 amide bonds. The fourth-order valence-corrected chi connectivity index (χ4v) is 1.34. The van der Waals surface area contributed by atoms with Crippen LogP contribution in [-0.4, -0.2) is 16.0 Å². The first-order valence-corrected chi connectivity index (χ1v) is 4.84. The van der Waals surface area contributed by atoms with Gasteiger partial charge in [0.1, 0.15) is 4.87 Å². The van der Waals surface area contributed by atoms with Gasteiger partial charge in [0, 0.05) is 11.4 Å². The van der Waals surface area contributed by atoms with Crippen molar-refractivity contribution in [3.63, 3.8) is 0 Å². The summed E-state index contributed by atoms with van der Waals surface area (Å²) < 4.78 is 0. The van der Waals surface area contributed by atoms with E-state index in [1.165, 1.54) is 6.92 Å². The van der Waals surface area contributed by atoms with Crippen LogP contribution in [-0.2, 0) is 11.2 Å². The third-order valence-electron chi connectivity index (χ3n) is 1.90. The van der Waals surface area contributed by atoms with E-state index < -0.39 is 10.8 Å². The van der Waals surface area contributed by atoms with Gasteiger partial charge in [0.15, 0.2) is 0 Å². The van der Waals surface area contributed by atoms with Gasteiger partial charge in [-0.15, -0.1) is 11.6 Å². The summed E-state index contributed by atoms with van der Waals surface area (Å²) in [5, 5.41) is 9.42. The lowest BCUT2D eigenvalue weighted by molar-refractivity contribution is -0.139. The minimum absolute atomic E-state index is 0.279. The molecule has 1 aromatic rings. The maximum atomic E-state index is 10.7. The molecule has 0 aliphatic carbocycles. The summed E-state index contributed by atoms with van der Waals surface area (Å²) in [5.74, 6) is -1.02. The standard InChI is InChI=1S/C10H10Cl2O2/c1-10(12,9(13)14)6-7-2-4-8(11)5-3-7/h2-5H,6H2,1H3,(H,13,14). The van der Waals surface area contributed by atoms with Crippen LogP contribution < -0.4 is 0 Å². The van der Waals surface area contributed by atoms with E-state index in [0.29, 0.717) is 5.02 Å². The Morgan fingerprint density at radius 2 is 1.93 bits per heavy atom. The number of hydrogen-bond acceptors (Lipinski definition) is 1. The molecule has 0 radical (unpaired) electrons. The maximum Gasteiger partial charge on any atom is 0.324 e. The number of carbonyl (C=O) groups is 1. The Bertz CT molecular complexity index is 330. The number of benzene rings is 1. The Morgan fingerprint density at radius 1 is 1.43 bits per heavy atom. The van der Waals surface area contributed by atoms with Gasteiger partial charge in [0.2, 0.25) is 0 Å². The molecule has 76 valence electrons. The first-order chi connectivity index (χ1) is 6.42. The van der Waals surface area contributed by atoms with Gasteiger partial charge in [-0.3, -0.25) is 4.79 Å². The van der Waals surface area contributed by atoms with Crippen molar-refractivity contribution in [1.29, 1.82) is 0 Å². The zero-order valence-electron chi connectivity index (χ0n) is 7.63. The van der Waals surface area contributed by atoms with Crippen LogP contribution in [0.1, 0.15) is 12.5 Å². The molecule has 0 aliphatic rings. The number of aliphatic carboxylic acids is 1. The van der Waals surface area contributed by atoms with Crippen molar-refractivity contribution >= 4 is 29.2 Å². The fourth-order valence-electron chi connectivity index (χ4n) is 1.06. The van der Waals surface area contributed by atoms with Crippen LogP contribution in [0.25, 0.3) is 0 Å². The normalized spacial score (nSPS) is 14.8. The minimum Gasteiger partial charge on any atom is -0.480 e. The lowest BCUT2D eigenvalue weighted by Crippen LogP contribution is -2.30. The topological polar surface area (TPSA) is 37.3 Å². The highest BCUT2D eigenvalue weighted by atomic mass is 35.5. The molecule has 0 heterocycles. The first kappa shape index (κ1) is 11.3. The lowest BCUT2D eigenvalue weighted by Gasteiger charge is -2.16. The maximum absolute atomic E-state index is 10.7. The van der Waals surface area contributed by atoms with E-state index in [-0.39, 0.29) is 6.42 Å². The van der Waals surface area contributed by atoms with Crippen molar-refractivity contribution in [3.8, 4) is 0 Å². The number of hydrogen-bond donors (Lipinski definition) is 1. The van der Waals surface area contributed by atoms with Gasteiger partial charge in [-0.2, -0.15) is 0 Å². The van der Waals surface area contributed by atoms with Crippen molar-refractivity contribution in [2.24, 2.45) is 0 Å². The van der Waals surface area contributed by atoms with E-state index in [9.17, 15) is 4.79 Å². The predicted octanol–water partition coefficient (Wildman–Crippen LogP) is 2.96. The van der Waals surface area contributed by atoms with Crippen molar-refractivity contribution in [3.05, 3.63) is 34.9 Å². The highest BCUT2D eigenvalue weighted by Gasteiger charge is 2.30. The van der Waals surface area contributed by atoms with Crippen LogP contribution in [0, 0.1) is 0 Å². The van der Waals surface area contributed by atoms with Gasteiger partial charge in [0.25, 0.3) is 0 Å². The summed E-state index contributed by atoms with van der Waals surface area (Å²) in [6, 6.07) is 6.97. The highest BCUT2D eigenvalue weighted by molar-refractivity contribution is 6.33. The third-order valence-corrected chi connectivity index (χ3v) is 2.44. The van der Waals surface area contributed by atoms with Gasteiger partial charge in [-0.05, 0) is 24.6 Å². The van der Waals surface area contributed by atoms with Crippen LogP contribution >= 0.6 is 23.2 Å². The van der Waals surface area contributed by atoms with Gasteiger partial charge < -0.3 is 5.11 Å². The number of alkyl halides is 1. The zero-order valence-corrected chi connectivity index (χ0v) is 9.14. The van der Waals surface area contributed by atoms with Gasteiger partial charge in [-0.1, -0.05) is 23.7 Å². The average Bonchev–Trinajstić information content (AvgIpc) is 2.08. The molecule has 0 fully saturated rings. The predicted molar refractivity (Wildman–Crippen MR) is 57.0 cm³/mol. The number of carboxylic acids is 1. The van der Waals surface area contributed by atoms with E-state index in [0.717, 1.165) is 5.56 Å². The summed E-state index contributed by atoms with van der Waals surface area (Å²) >= 11 is 11.5. The zero-order chi connectivity index (χ0) is 10.8. The molecule has 0 bridgehead atoms. The second kappa shape index (κ2) is 4.20. The molecule has 2 nitrogen and oxygen atoms in total. The van der Waals surface area contributed by atoms with Crippen molar-refractivity contribution in [2.75, 3.05) is 0 Å². The smallest absolute Gasteiger partial charge is 0.324 e. The molecule has 1 N–H and O–H groups in total. The molecule has 1 unspecified atom stereocenters. The Labute approximate surface area is 92.5 Å². The fraction of sp³-hybridized carbons (Fsp3) is 0.300. The molecule has 1 atom stereocenters.